The first-order valence-corrected chi connectivity index (χ1v) is 10.7. The van der Waals surface area contributed by atoms with Crippen LogP contribution in [0.4, 0.5) is 18.9 Å². The fraction of sp³-hybridized carbons (Fsp3) is 0.333. The molecule has 2 heterocycles. The minimum absolute atomic E-state index is 0.121. The molecule has 1 aromatic heterocycles. The van der Waals surface area contributed by atoms with Gasteiger partial charge in [-0.1, -0.05) is 13.8 Å². The van der Waals surface area contributed by atoms with E-state index in [4.69, 9.17) is 0 Å². The Kier molecular flexibility index (Phi) is 5.92. The number of fused-ring (bicyclic) bond motifs is 1. The lowest BCUT2D eigenvalue weighted by atomic mass is 9.94. The minimum atomic E-state index is -1.54. The number of halogens is 3. The number of aromatic nitrogens is 1. The zero-order valence-electron chi connectivity index (χ0n) is 18.1. The van der Waals surface area contributed by atoms with E-state index in [1.165, 1.54) is 4.57 Å². The number of aryl methyl sites for hydroxylation is 1. The van der Waals surface area contributed by atoms with Crippen LogP contribution in [0.3, 0.4) is 0 Å². The fourth-order valence-electron chi connectivity index (χ4n) is 4.56. The van der Waals surface area contributed by atoms with Gasteiger partial charge in [0.1, 0.15) is 23.0 Å². The van der Waals surface area contributed by atoms with E-state index >= 15 is 4.39 Å². The average molecular weight is 460 g/mol. The maximum atomic E-state index is 15.4. The van der Waals surface area contributed by atoms with Gasteiger partial charge in [0, 0.05) is 30.9 Å². The molecule has 1 aliphatic rings. The molecule has 0 radical (unpaired) electrons. The van der Waals surface area contributed by atoms with Gasteiger partial charge in [-0.2, -0.15) is 0 Å². The number of aliphatic hydroxyl groups is 1. The highest BCUT2D eigenvalue weighted by molar-refractivity contribution is 5.96. The first-order chi connectivity index (χ1) is 15.6. The van der Waals surface area contributed by atoms with Crippen LogP contribution in [0.15, 0.2) is 35.3 Å². The summed E-state index contributed by atoms with van der Waals surface area (Å²) in [6, 6.07) is 3.80. The van der Waals surface area contributed by atoms with E-state index in [0.717, 1.165) is 24.4 Å². The predicted octanol–water partition coefficient (Wildman–Crippen LogP) is 3.88. The SMILES string of the molecule is CCc1c(N2CC[C@H](O)[C@@H](C)C2)c(F)cc2c(=O)c(C(=O)O)cn(-c3ccc(F)cc3F)c12. The largest absolute Gasteiger partial charge is 0.477 e. The maximum absolute atomic E-state index is 15.4. The van der Waals surface area contributed by atoms with Crippen molar-refractivity contribution in [2.75, 3.05) is 18.0 Å². The molecule has 2 aromatic carbocycles. The molecule has 6 nitrogen and oxygen atoms in total. The molecule has 0 saturated carbocycles. The normalized spacial score (nSPS) is 18.7. The van der Waals surface area contributed by atoms with Crippen molar-refractivity contribution >= 4 is 22.6 Å². The van der Waals surface area contributed by atoms with Crippen molar-refractivity contribution in [2.24, 2.45) is 5.92 Å². The summed E-state index contributed by atoms with van der Waals surface area (Å²) in [6.07, 6.45) is 1.16. The second-order valence-electron chi connectivity index (χ2n) is 8.36. The average Bonchev–Trinajstić information content (AvgIpc) is 2.75. The Balaban J connectivity index is 2.10. The standard InChI is InChI=1S/C24H23F3N2O4/c1-3-14-21-15(9-18(27)22(14)28-7-6-20(30)12(2)10-28)23(31)16(24(32)33)11-29(21)19-5-4-13(25)8-17(19)26/h4-5,8-9,11-12,20,30H,3,6-7,10H2,1-2H3,(H,32,33)/t12-,20-/m0/s1. The van der Waals surface area contributed by atoms with Crippen molar-refractivity contribution in [3.8, 4) is 5.69 Å². The Hall–Kier alpha value is -3.33. The number of hydrogen-bond donors (Lipinski definition) is 2. The third-order valence-electron chi connectivity index (χ3n) is 6.24. The number of hydrogen-bond acceptors (Lipinski definition) is 4. The van der Waals surface area contributed by atoms with E-state index in [0.29, 0.717) is 31.1 Å². The van der Waals surface area contributed by atoms with Gasteiger partial charge in [-0.25, -0.2) is 18.0 Å². The number of carboxylic acid groups (broad SMARTS) is 1. The van der Waals surface area contributed by atoms with Gasteiger partial charge in [0.15, 0.2) is 0 Å². The highest BCUT2D eigenvalue weighted by Gasteiger charge is 2.30. The molecule has 0 spiro atoms. The van der Waals surface area contributed by atoms with E-state index in [1.54, 1.807) is 11.8 Å². The zero-order chi connectivity index (χ0) is 24.0. The predicted molar refractivity (Wildman–Crippen MR) is 118 cm³/mol. The topological polar surface area (TPSA) is 82.8 Å². The number of aliphatic hydroxyl groups excluding tert-OH is 1. The third kappa shape index (κ3) is 3.86. The number of carboxylic acids is 1. The molecule has 0 bridgehead atoms. The molecule has 1 aliphatic heterocycles. The van der Waals surface area contributed by atoms with Crippen LogP contribution in [0.25, 0.3) is 16.6 Å². The van der Waals surface area contributed by atoms with Crippen LogP contribution in [-0.2, 0) is 6.42 Å². The summed E-state index contributed by atoms with van der Waals surface area (Å²) in [6.45, 7) is 4.35. The lowest BCUT2D eigenvalue weighted by Gasteiger charge is -2.37. The van der Waals surface area contributed by atoms with Gasteiger partial charge in [-0.3, -0.25) is 4.79 Å². The number of pyridine rings is 1. The number of nitrogens with zero attached hydrogens (tertiary/aromatic N) is 2. The molecule has 1 fully saturated rings. The molecule has 4 rings (SSSR count). The summed E-state index contributed by atoms with van der Waals surface area (Å²) in [4.78, 5) is 26.4. The summed E-state index contributed by atoms with van der Waals surface area (Å²) in [5.41, 5.74) is -0.936. The van der Waals surface area contributed by atoms with Crippen LogP contribution in [-0.4, -0.2) is 39.9 Å². The lowest BCUT2D eigenvalue weighted by molar-refractivity contribution is 0.0695. The van der Waals surface area contributed by atoms with Crippen molar-refractivity contribution in [1.82, 2.24) is 4.57 Å². The van der Waals surface area contributed by atoms with Crippen molar-refractivity contribution in [3.63, 3.8) is 0 Å². The Labute approximate surface area is 187 Å². The third-order valence-corrected chi connectivity index (χ3v) is 6.24. The lowest BCUT2D eigenvalue weighted by Crippen LogP contribution is -2.42. The molecule has 0 amide bonds. The van der Waals surface area contributed by atoms with Crippen LogP contribution in [0, 0.1) is 23.4 Å². The molecule has 0 unspecified atom stereocenters. The minimum Gasteiger partial charge on any atom is -0.477 e. The monoisotopic (exact) mass is 460 g/mol. The van der Waals surface area contributed by atoms with Gasteiger partial charge in [0.25, 0.3) is 0 Å². The maximum Gasteiger partial charge on any atom is 0.341 e. The summed E-state index contributed by atoms with van der Waals surface area (Å²) < 4.78 is 44.9. The van der Waals surface area contributed by atoms with Gasteiger partial charge in [0.05, 0.1) is 28.4 Å². The zero-order valence-corrected chi connectivity index (χ0v) is 18.1. The van der Waals surface area contributed by atoms with Crippen LogP contribution in [0.5, 0.6) is 0 Å². The molecule has 174 valence electrons. The Morgan fingerprint density at radius 3 is 2.52 bits per heavy atom. The number of anilines is 1. The van der Waals surface area contributed by atoms with Gasteiger partial charge >= 0.3 is 5.97 Å². The van der Waals surface area contributed by atoms with Gasteiger partial charge < -0.3 is 19.7 Å². The molecular formula is C24H23F3N2O4. The second-order valence-corrected chi connectivity index (χ2v) is 8.36. The number of rotatable bonds is 4. The summed E-state index contributed by atoms with van der Waals surface area (Å²) in [5.74, 6) is -4.14. The van der Waals surface area contributed by atoms with E-state index in [9.17, 15) is 28.6 Å². The summed E-state index contributed by atoms with van der Waals surface area (Å²) >= 11 is 0. The van der Waals surface area contributed by atoms with Crippen molar-refractivity contribution in [1.29, 1.82) is 0 Å². The first-order valence-electron chi connectivity index (χ1n) is 10.7. The van der Waals surface area contributed by atoms with Crippen LogP contribution >= 0.6 is 0 Å². The number of carbonyl (C=O) groups is 1. The van der Waals surface area contributed by atoms with E-state index < -0.39 is 40.5 Å². The van der Waals surface area contributed by atoms with E-state index in [-0.39, 0.29) is 34.6 Å². The highest BCUT2D eigenvalue weighted by Crippen LogP contribution is 2.36. The molecule has 9 heteroatoms. The molecule has 0 aliphatic carbocycles. The van der Waals surface area contributed by atoms with Crippen LogP contribution in [0.1, 0.15) is 36.2 Å². The van der Waals surface area contributed by atoms with Crippen molar-refractivity contribution in [2.45, 2.75) is 32.8 Å². The van der Waals surface area contributed by atoms with E-state index in [2.05, 4.69) is 0 Å². The van der Waals surface area contributed by atoms with Crippen LogP contribution in [0.2, 0.25) is 0 Å². The quantitative estimate of drug-likeness (QED) is 0.618. The number of benzene rings is 2. The number of aromatic carboxylic acids is 1. The Bertz CT molecular complexity index is 1320. The second kappa shape index (κ2) is 8.55. The van der Waals surface area contributed by atoms with Crippen molar-refractivity contribution < 1.29 is 28.2 Å². The molecule has 2 N–H and O–H groups in total. The fourth-order valence-corrected chi connectivity index (χ4v) is 4.56. The smallest absolute Gasteiger partial charge is 0.341 e. The van der Waals surface area contributed by atoms with Crippen molar-refractivity contribution in [3.05, 3.63) is 69.3 Å². The first kappa shape index (κ1) is 22.8. The Morgan fingerprint density at radius 2 is 1.91 bits per heavy atom. The van der Waals surface area contributed by atoms with E-state index in [1.807, 2.05) is 6.92 Å². The molecule has 3 aromatic rings. The van der Waals surface area contributed by atoms with Gasteiger partial charge in [-0.15, -0.1) is 0 Å². The molecule has 33 heavy (non-hydrogen) atoms. The molecule has 1 saturated heterocycles. The molecule has 2 atom stereocenters. The van der Waals surface area contributed by atoms with Gasteiger partial charge in [0.2, 0.25) is 5.43 Å². The van der Waals surface area contributed by atoms with Gasteiger partial charge in [-0.05, 0) is 37.0 Å². The number of piperidine rings is 1. The van der Waals surface area contributed by atoms with Crippen LogP contribution < -0.4 is 10.3 Å². The summed E-state index contributed by atoms with van der Waals surface area (Å²) in [5, 5.41) is 19.4. The highest BCUT2D eigenvalue weighted by atomic mass is 19.1. The summed E-state index contributed by atoms with van der Waals surface area (Å²) in [7, 11) is 0. The Morgan fingerprint density at radius 1 is 1.18 bits per heavy atom. The molecular weight excluding hydrogens is 437 g/mol.